The Morgan fingerprint density at radius 3 is 2.48 bits per heavy atom. The fourth-order valence-electron chi connectivity index (χ4n) is 5.56. The number of nitrogens with zero attached hydrogens (tertiary/aromatic N) is 3. The molecular formula is C25H33Cl2N3O3. The zero-order valence-corrected chi connectivity index (χ0v) is 20.6. The van der Waals surface area contributed by atoms with Crippen LogP contribution in [-0.4, -0.2) is 85.0 Å². The summed E-state index contributed by atoms with van der Waals surface area (Å²) < 4.78 is 5.48. The molecule has 1 atom stereocenters. The second-order valence-electron chi connectivity index (χ2n) is 10.1. The van der Waals surface area contributed by atoms with Crippen molar-refractivity contribution in [3.05, 3.63) is 33.8 Å². The van der Waals surface area contributed by atoms with Crippen molar-refractivity contribution in [3.8, 4) is 0 Å². The lowest BCUT2D eigenvalue weighted by Crippen LogP contribution is -2.62. The lowest BCUT2D eigenvalue weighted by Gasteiger charge is -2.48. The number of benzene rings is 1. The molecule has 1 aromatic rings. The van der Waals surface area contributed by atoms with Crippen LogP contribution in [0, 0.1) is 5.92 Å². The van der Waals surface area contributed by atoms with Crippen LogP contribution in [0.4, 0.5) is 0 Å². The Morgan fingerprint density at radius 1 is 1.03 bits per heavy atom. The minimum absolute atomic E-state index is 0.0346. The van der Waals surface area contributed by atoms with Crippen LogP contribution in [0.25, 0.3) is 0 Å². The Labute approximate surface area is 206 Å². The van der Waals surface area contributed by atoms with E-state index in [1.54, 1.807) is 6.07 Å². The number of likely N-dealkylation sites (tertiary alicyclic amines) is 2. The first kappa shape index (κ1) is 23.6. The van der Waals surface area contributed by atoms with Gasteiger partial charge in [-0.15, -0.1) is 0 Å². The summed E-state index contributed by atoms with van der Waals surface area (Å²) in [4.78, 5) is 33.1. The normalized spacial score (nSPS) is 27.8. The molecule has 5 rings (SSSR count). The third-order valence-corrected chi connectivity index (χ3v) is 8.75. The van der Waals surface area contributed by atoms with Crippen molar-refractivity contribution in [2.45, 2.75) is 50.0 Å². The average Bonchev–Trinajstić information content (AvgIpc) is 3.61. The molecule has 4 aliphatic rings. The molecule has 3 aliphatic heterocycles. The summed E-state index contributed by atoms with van der Waals surface area (Å²) in [6.07, 6.45) is 4.96. The van der Waals surface area contributed by atoms with Crippen LogP contribution in [0.15, 0.2) is 18.2 Å². The Hall–Kier alpha value is -1.18. The van der Waals surface area contributed by atoms with Crippen LogP contribution >= 0.6 is 23.2 Å². The van der Waals surface area contributed by atoms with Crippen LogP contribution in [-0.2, 0) is 19.7 Å². The lowest BCUT2D eigenvalue weighted by atomic mass is 9.70. The summed E-state index contributed by atoms with van der Waals surface area (Å²) in [5, 5.41) is 0.940. The molecule has 1 unspecified atom stereocenters. The van der Waals surface area contributed by atoms with Crippen molar-refractivity contribution in [3.63, 3.8) is 0 Å². The Balaban J connectivity index is 1.31. The summed E-state index contributed by atoms with van der Waals surface area (Å²) in [5.41, 5.74) is 0.159. The molecule has 3 heterocycles. The van der Waals surface area contributed by atoms with E-state index in [0.717, 1.165) is 57.9 Å². The number of amides is 2. The van der Waals surface area contributed by atoms with Crippen molar-refractivity contribution in [1.82, 2.24) is 14.7 Å². The van der Waals surface area contributed by atoms with Crippen molar-refractivity contribution in [2.75, 3.05) is 52.5 Å². The van der Waals surface area contributed by atoms with Gasteiger partial charge in [-0.1, -0.05) is 42.1 Å². The molecule has 3 saturated heterocycles. The van der Waals surface area contributed by atoms with Gasteiger partial charge in [0.2, 0.25) is 11.8 Å². The maximum atomic E-state index is 13.9. The summed E-state index contributed by atoms with van der Waals surface area (Å²) in [6.45, 7) is 7.05. The molecule has 1 saturated carbocycles. The second-order valence-corrected chi connectivity index (χ2v) is 10.9. The Bertz CT molecular complexity index is 897. The number of carbonyl (C=O) groups is 2. The molecule has 6 nitrogen and oxygen atoms in total. The number of hydrogen-bond donors (Lipinski definition) is 0. The van der Waals surface area contributed by atoms with Gasteiger partial charge in [0.15, 0.2) is 0 Å². The highest BCUT2D eigenvalue weighted by Gasteiger charge is 2.49. The summed E-state index contributed by atoms with van der Waals surface area (Å²) in [7, 11) is 0. The SMILES string of the molecule is O=C1CCC(CCN2CC(N3CCOCC3)C2)(c2ccc(Cl)c(Cl)c2)C(=O)N1CCC1CC1. The van der Waals surface area contributed by atoms with Gasteiger partial charge in [-0.3, -0.25) is 19.4 Å². The van der Waals surface area contributed by atoms with Crippen molar-refractivity contribution >= 4 is 35.0 Å². The average molecular weight is 494 g/mol. The molecule has 1 aromatic carbocycles. The minimum atomic E-state index is -0.726. The summed E-state index contributed by atoms with van der Waals surface area (Å²) in [5.74, 6) is 0.584. The number of ether oxygens (including phenoxy) is 1. The molecule has 8 heteroatoms. The van der Waals surface area contributed by atoms with Crippen LogP contribution < -0.4 is 0 Å². The molecule has 0 radical (unpaired) electrons. The van der Waals surface area contributed by atoms with E-state index in [0.29, 0.717) is 47.8 Å². The van der Waals surface area contributed by atoms with E-state index in [1.807, 2.05) is 12.1 Å². The number of hydrogen-bond acceptors (Lipinski definition) is 5. The van der Waals surface area contributed by atoms with E-state index >= 15 is 0 Å². The van der Waals surface area contributed by atoms with E-state index in [2.05, 4.69) is 9.80 Å². The van der Waals surface area contributed by atoms with E-state index in [9.17, 15) is 9.59 Å². The van der Waals surface area contributed by atoms with E-state index in [-0.39, 0.29) is 11.8 Å². The van der Waals surface area contributed by atoms with Crippen molar-refractivity contribution in [2.24, 2.45) is 5.92 Å². The van der Waals surface area contributed by atoms with Gasteiger partial charge in [0.05, 0.1) is 28.7 Å². The van der Waals surface area contributed by atoms with E-state index in [4.69, 9.17) is 27.9 Å². The minimum Gasteiger partial charge on any atom is -0.379 e. The molecule has 180 valence electrons. The Morgan fingerprint density at radius 2 is 1.79 bits per heavy atom. The topological polar surface area (TPSA) is 53.1 Å². The van der Waals surface area contributed by atoms with Gasteiger partial charge in [0.25, 0.3) is 0 Å². The molecule has 1 aliphatic carbocycles. The van der Waals surface area contributed by atoms with Crippen LogP contribution in [0.3, 0.4) is 0 Å². The van der Waals surface area contributed by atoms with Crippen LogP contribution in [0.2, 0.25) is 10.0 Å². The van der Waals surface area contributed by atoms with Gasteiger partial charge >= 0.3 is 0 Å². The molecule has 4 fully saturated rings. The zero-order chi connectivity index (χ0) is 23.0. The maximum Gasteiger partial charge on any atom is 0.239 e. The van der Waals surface area contributed by atoms with Gasteiger partial charge in [0.1, 0.15) is 0 Å². The summed E-state index contributed by atoms with van der Waals surface area (Å²) in [6, 6.07) is 6.11. The monoisotopic (exact) mass is 493 g/mol. The summed E-state index contributed by atoms with van der Waals surface area (Å²) >= 11 is 12.6. The van der Waals surface area contributed by atoms with Crippen molar-refractivity contribution in [1.29, 1.82) is 0 Å². The number of rotatable bonds is 8. The molecule has 0 spiro atoms. The zero-order valence-electron chi connectivity index (χ0n) is 19.1. The third-order valence-electron chi connectivity index (χ3n) is 8.01. The molecule has 33 heavy (non-hydrogen) atoms. The highest BCUT2D eigenvalue weighted by atomic mass is 35.5. The molecule has 0 N–H and O–H groups in total. The number of piperidine rings is 1. The Kier molecular flexibility index (Phi) is 7.01. The number of imide groups is 1. The first-order valence-electron chi connectivity index (χ1n) is 12.3. The predicted octanol–water partition coefficient (Wildman–Crippen LogP) is 3.59. The standard InChI is InChI=1S/C25H33Cl2N3O3/c26-21-4-3-19(15-22(21)27)25(7-5-23(31)30(24(25)32)9-6-18-1-2-18)8-10-28-16-20(17-28)29-11-13-33-14-12-29/h3-4,15,18,20H,1-2,5-14,16-17H2. The highest BCUT2D eigenvalue weighted by Crippen LogP contribution is 2.42. The highest BCUT2D eigenvalue weighted by molar-refractivity contribution is 6.42. The van der Waals surface area contributed by atoms with Gasteiger partial charge in [-0.05, 0) is 49.4 Å². The van der Waals surface area contributed by atoms with Crippen LogP contribution in [0.1, 0.15) is 44.1 Å². The van der Waals surface area contributed by atoms with E-state index in [1.165, 1.54) is 17.7 Å². The first-order valence-corrected chi connectivity index (χ1v) is 13.1. The molecule has 2 amide bonds. The number of morpholine rings is 1. The van der Waals surface area contributed by atoms with Gasteiger partial charge in [-0.2, -0.15) is 0 Å². The van der Waals surface area contributed by atoms with E-state index < -0.39 is 5.41 Å². The quantitative estimate of drug-likeness (QED) is 0.518. The fraction of sp³-hybridized carbons (Fsp3) is 0.680. The van der Waals surface area contributed by atoms with Gasteiger partial charge in [0, 0.05) is 45.2 Å². The number of carbonyl (C=O) groups excluding carboxylic acids is 2. The first-order chi connectivity index (χ1) is 16.0. The second kappa shape index (κ2) is 9.82. The number of halogens is 2. The maximum absolute atomic E-state index is 13.9. The van der Waals surface area contributed by atoms with Gasteiger partial charge < -0.3 is 9.64 Å². The predicted molar refractivity (Wildman–Crippen MR) is 129 cm³/mol. The van der Waals surface area contributed by atoms with Crippen LogP contribution in [0.5, 0.6) is 0 Å². The molecule has 0 aromatic heterocycles. The van der Waals surface area contributed by atoms with Gasteiger partial charge in [-0.25, -0.2) is 0 Å². The largest absolute Gasteiger partial charge is 0.379 e. The van der Waals surface area contributed by atoms with Crippen molar-refractivity contribution < 1.29 is 14.3 Å². The lowest BCUT2D eigenvalue weighted by molar-refractivity contribution is -0.154. The molecular weight excluding hydrogens is 461 g/mol. The fourth-order valence-corrected chi connectivity index (χ4v) is 5.86. The third kappa shape index (κ3) is 4.96. The molecule has 0 bridgehead atoms. The smallest absolute Gasteiger partial charge is 0.239 e.